The van der Waals surface area contributed by atoms with Gasteiger partial charge in [0.05, 0.1) is 0 Å². The Kier molecular flexibility index (Phi) is 3.58. The molecule has 4 heteroatoms. The summed E-state index contributed by atoms with van der Waals surface area (Å²) >= 11 is 0. The molecular weight excluding hydrogens is 209 g/mol. The lowest BCUT2D eigenvalue weighted by atomic mass is 10.1. The standard InChI is InChI=1S/C11H18NO2P/c1-11(2,3)12-15(4,13)14-10-8-6-5-7-9-10/h5-9H,1-4H3,(H,12,13). The summed E-state index contributed by atoms with van der Waals surface area (Å²) in [5.74, 6) is 0.625. The van der Waals surface area contributed by atoms with Crippen molar-refractivity contribution in [3.8, 4) is 5.75 Å². The van der Waals surface area contributed by atoms with Crippen molar-refractivity contribution in [3.63, 3.8) is 0 Å². The quantitative estimate of drug-likeness (QED) is 0.805. The van der Waals surface area contributed by atoms with Gasteiger partial charge in [0.1, 0.15) is 5.75 Å². The van der Waals surface area contributed by atoms with Crippen LogP contribution in [0.15, 0.2) is 30.3 Å². The molecule has 1 rings (SSSR count). The lowest BCUT2D eigenvalue weighted by Gasteiger charge is -2.26. The van der Waals surface area contributed by atoms with E-state index >= 15 is 0 Å². The summed E-state index contributed by atoms with van der Waals surface area (Å²) in [6.07, 6.45) is 0. The molecule has 1 atom stereocenters. The van der Waals surface area contributed by atoms with E-state index in [9.17, 15) is 4.57 Å². The Balaban J connectivity index is 2.69. The fourth-order valence-corrected chi connectivity index (χ4v) is 3.10. The molecule has 1 unspecified atom stereocenters. The third kappa shape index (κ3) is 5.01. The highest BCUT2D eigenvalue weighted by molar-refractivity contribution is 7.56. The lowest BCUT2D eigenvalue weighted by molar-refractivity contribution is 0.429. The molecule has 0 amide bonds. The van der Waals surface area contributed by atoms with Gasteiger partial charge in [0.2, 0.25) is 0 Å². The van der Waals surface area contributed by atoms with E-state index in [-0.39, 0.29) is 5.54 Å². The third-order valence-electron chi connectivity index (χ3n) is 1.56. The van der Waals surface area contributed by atoms with E-state index in [2.05, 4.69) is 5.09 Å². The molecule has 0 saturated heterocycles. The van der Waals surface area contributed by atoms with Gasteiger partial charge in [0.25, 0.3) is 0 Å². The number of hydrogen-bond donors (Lipinski definition) is 1. The zero-order chi connectivity index (χ0) is 11.5. The number of hydrogen-bond acceptors (Lipinski definition) is 2. The molecule has 15 heavy (non-hydrogen) atoms. The first kappa shape index (κ1) is 12.3. The molecule has 0 spiro atoms. The normalized spacial score (nSPS) is 15.7. The van der Waals surface area contributed by atoms with Gasteiger partial charge in [-0.05, 0) is 32.9 Å². The second kappa shape index (κ2) is 4.38. The SMILES string of the molecule is CC(C)(C)NP(C)(=O)Oc1ccccc1. The Morgan fingerprint density at radius 2 is 1.73 bits per heavy atom. The van der Waals surface area contributed by atoms with E-state index in [4.69, 9.17) is 4.52 Å². The highest BCUT2D eigenvalue weighted by Crippen LogP contribution is 2.40. The Morgan fingerprint density at radius 1 is 1.20 bits per heavy atom. The van der Waals surface area contributed by atoms with Crippen molar-refractivity contribution in [2.24, 2.45) is 0 Å². The van der Waals surface area contributed by atoms with Crippen molar-refractivity contribution in [3.05, 3.63) is 30.3 Å². The van der Waals surface area contributed by atoms with Crippen LogP contribution in [0.2, 0.25) is 0 Å². The van der Waals surface area contributed by atoms with Gasteiger partial charge in [-0.15, -0.1) is 0 Å². The highest BCUT2D eigenvalue weighted by Gasteiger charge is 2.24. The van der Waals surface area contributed by atoms with Crippen LogP contribution in [0.3, 0.4) is 0 Å². The monoisotopic (exact) mass is 227 g/mol. The van der Waals surface area contributed by atoms with Crippen LogP contribution in [0.4, 0.5) is 0 Å². The predicted octanol–water partition coefficient (Wildman–Crippen LogP) is 3.28. The molecule has 1 aromatic carbocycles. The van der Waals surface area contributed by atoms with Gasteiger partial charge >= 0.3 is 7.52 Å². The fraction of sp³-hybridized carbons (Fsp3) is 0.455. The van der Waals surface area contributed by atoms with E-state index in [1.807, 2.05) is 39.0 Å². The van der Waals surface area contributed by atoms with Crippen LogP contribution in [0.1, 0.15) is 20.8 Å². The Morgan fingerprint density at radius 3 is 2.20 bits per heavy atom. The second-order valence-corrected chi connectivity index (χ2v) is 6.71. The first-order valence-electron chi connectivity index (χ1n) is 4.90. The van der Waals surface area contributed by atoms with Crippen molar-refractivity contribution >= 4 is 7.52 Å². The zero-order valence-corrected chi connectivity index (χ0v) is 10.5. The van der Waals surface area contributed by atoms with Gasteiger partial charge in [0.15, 0.2) is 0 Å². The van der Waals surface area contributed by atoms with Crippen molar-refractivity contribution in [1.29, 1.82) is 0 Å². The van der Waals surface area contributed by atoms with E-state index in [0.717, 1.165) is 0 Å². The lowest BCUT2D eigenvalue weighted by Crippen LogP contribution is -2.34. The molecule has 1 aromatic rings. The van der Waals surface area contributed by atoms with Gasteiger partial charge in [0, 0.05) is 12.2 Å². The topological polar surface area (TPSA) is 38.3 Å². The molecule has 0 saturated carbocycles. The van der Waals surface area contributed by atoms with Crippen LogP contribution >= 0.6 is 7.52 Å². The second-order valence-electron chi connectivity index (χ2n) is 4.61. The minimum absolute atomic E-state index is 0.223. The third-order valence-corrected chi connectivity index (χ3v) is 3.20. The van der Waals surface area contributed by atoms with Crippen LogP contribution in [0, 0.1) is 0 Å². The molecule has 0 aromatic heterocycles. The van der Waals surface area contributed by atoms with Gasteiger partial charge in [-0.1, -0.05) is 18.2 Å². The Hall–Kier alpha value is -0.790. The minimum atomic E-state index is -2.79. The largest absolute Gasteiger partial charge is 0.433 e. The highest BCUT2D eigenvalue weighted by atomic mass is 31.2. The van der Waals surface area contributed by atoms with Crippen molar-refractivity contribution in [1.82, 2.24) is 5.09 Å². The summed E-state index contributed by atoms with van der Waals surface area (Å²) in [5, 5.41) is 2.98. The summed E-state index contributed by atoms with van der Waals surface area (Å²) in [4.78, 5) is 0. The summed E-state index contributed by atoms with van der Waals surface area (Å²) in [6, 6.07) is 9.18. The van der Waals surface area contributed by atoms with Crippen LogP contribution in [0.25, 0.3) is 0 Å². The van der Waals surface area contributed by atoms with Crippen LogP contribution < -0.4 is 9.61 Å². The van der Waals surface area contributed by atoms with E-state index in [0.29, 0.717) is 5.75 Å². The molecule has 0 aliphatic rings. The van der Waals surface area contributed by atoms with Gasteiger partial charge < -0.3 is 4.52 Å². The average Bonchev–Trinajstić information content (AvgIpc) is 1.99. The zero-order valence-electron chi connectivity index (χ0n) is 9.65. The molecule has 0 fully saturated rings. The molecule has 0 aliphatic heterocycles. The molecular formula is C11H18NO2P. The Bertz CT molecular complexity index is 357. The number of benzene rings is 1. The van der Waals surface area contributed by atoms with E-state index in [1.54, 1.807) is 18.8 Å². The van der Waals surface area contributed by atoms with Gasteiger partial charge in [-0.25, -0.2) is 5.09 Å². The number of para-hydroxylation sites is 1. The maximum atomic E-state index is 12.1. The summed E-state index contributed by atoms with van der Waals surface area (Å²) in [5.41, 5.74) is -0.223. The van der Waals surface area contributed by atoms with Crippen LogP contribution in [0.5, 0.6) is 5.75 Å². The summed E-state index contributed by atoms with van der Waals surface area (Å²) in [6.45, 7) is 7.46. The van der Waals surface area contributed by atoms with Crippen molar-refractivity contribution in [2.75, 3.05) is 6.66 Å². The van der Waals surface area contributed by atoms with E-state index in [1.165, 1.54) is 0 Å². The van der Waals surface area contributed by atoms with Gasteiger partial charge in [-0.2, -0.15) is 0 Å². The first-order chi connectivity index (χ1) is 6.79. The first-order valence-corrected chi connectivity index (χ1v) is 6.97. The molecule has 1 N–H and O–H groups in total. The average molecular weight is 227 g/mol. The number of rotatable bonds is 3. The summed E-state index contributed by atoms with van der Waals surface area (Å²) < 4.78 is 17.5. The molecule has 0 radical (unpaired) electrons. The fourth-order valence-electron chi connectivity index (χ4n) is 1.31. The smallest absolute Gasteiger partial charge is 0.314 e. The van der Waals surface area contributed by atoms with Crippen molar-refractivity contribution < 1.29 is 9.09 Å². The maximum Gasteiger partial charge on any atom is 0.314 e. The summed E-state index contributed by atoms with van der Waals surface area (Å²) in [7, 11) is -2.79. The van der Waals surface area contributed by atoms with Gasteiger partial charge in [-0.3, -0.25) is 4.57 Å². The number of nitrogens with one attached hydrogen (secondary N) is 1. The van der Waals surface area contributed by atoms with Crippen LogP contribution in [-0.4, -0.2) is 12.2 Å². The van der Waals surface area contributed by atoms with Crippen molar-refractivity contribution in [2.45, 2.75) is 26.3 Å². The Labute approximate surface area is 91.4 Å². The molecule has 84 valence electrons. The predicted molar refractivity (Wildman–Crippen MR) is 63.5 cm³/mol. The van der Waals surface area contributed by atoms with Crippen LogP contribution in [-0.2, 0) is 4.57 Å². The molecule has 0 heterocycles. The molecule has 0 bridgehead atoms. The molecule has 3 nitrogen and oxygen atoms in total. The minimum Gasteiger partial charge on any atom is -0.433 e. The molecule has 0 aliphatic carbocycles. The van der Waals surface area contributed by atoms with E-state index < -0.39 is 7.52 Å². The maximum absolute atomic E-state index is 12.1.